The topological polar surface area (TPSA) is 15.9 Å². The van der Waals surface area contributed by atoms with E-state index in [2.05, 4.69) is 5.32 Å². The molecule has 26 heavy (non-hydrogen) atoms. The molecular formula is C16H17BrF6N2S. The quantitative estimate of drug-likeness (QED) is 0.535. The van der Waals surface area contributed by atoms with Crippen LogP contribution in [-0.2, 0) is 24.8 Å². The summed E-state index contributed by atoms with van der Waals surface area (Å²) in [6.45, 7) is 5.89. The van der Waals surface area contributed by atoms with Crippen LogP contribution in [0.25, 0.3) is 0 Å². The SMILES string of the molecule is C[n+]1c(C(C)(C)C)csc1Nc1cc(C(F)(F)F)cc(C(F)(F)F)c1.[Br-]. The summed E-state index contributed by atoms with van der Waals surface area (Å²) in [5.41, 5.74) is -2.26. The molecule has 1 aromatic carbocycles. The molecule has 0 aliphatic carbocycles. The summed E-state index contributed by atoms with van der Waals surface area (Å²) >= 11 is 1.21. The van der Waals surface area contributed by atoms with Crippen LogP contribution in [-0.4, -0.2) is 0 Å². The zero-order valence-corrected chi connectivity index (χ0v) is 16.7. The van der Waals surface area contributed by atoms with Crippen LogP contribution >= 0.6 is 11.3 Å². The number of benzene rings is 1. The first-order chi connectivity index (χ1) is 11.2. The summed E-state index contributed by atoms with van der Waals surface area (Å²) in [4.78, 5) is 0. The van der Waals surface area contributed by atoms with E-state index in [-0.39, 0.29) is 34.2 Å². The molecule has 0 aliphatic heterocycles. The molecule has 2 rings (SSSR count). The molecule has 0 aliphatic rings. The standard InChI is InChI=1S/C16H16F6N2S.BrH/c1-14(2,3)12-8-25-13(24(12)4)23-11-6-9(15(17,18)19)5-10(7-11)16(20,21)22;/h5-8H,1-4H3;1H. The zero-order valence-electron chi connectivity index (χ0n) is 14.3. The lowest BCUT2D eigenvalue weighted by atomic mass is 9.93. The van der Waals surface area contributed by atoms with Crippen molar-refractivity contribution in [3.05, 3.63) is 40.4 Å². The van der Waals surface area contributed by atoms with Gasteiger partial charge in [-0.1, -0.05) is 32.1 Å². The van der Waals surface area contributed by atoms with Crippen molar-refractivity contribution in [3.8, 4) is 0 Å². The van der Waals surface area contributed by atoms with Crippen molar-refractivity contribution in [2.24, 2.45) is 7.05 Å². The Morgan fingerprint density at radius 2 is 1.35 bits per heavy atom. The number of hydrogen-bond donors (Lipinski definition) is 1. The van der Waals surface area contributed by atoms with Crippen LogP contribution in [0.4, 0.5) is 37.2 Å². The lowest BCUT2D eigenvalue weighted by Crippen LogP contribution is -3.00. The highest BCUT2D eigenvalue weighted by Gasteiger charge is 2.37. The summed E-state index contributed by atoms with van der Waals surface area (Å²) in [6, 6.07) is 1.46. The van der Waals surface area contributed by atoms with Gasteiger partial charge >= 0.3 is 17.5 Å². The highest BCUT2D eigenvalue weighted by atomic mass is 79.9. The summed E-state index contributed by atoms with van der Waals surface area (Å²) in [6.07, 6.45) is -9.74. The van der Waals surface area contributed by atoms with Crippen molar-refractivity contribution in [1.29, 1.82) is 0 Å². The maximum absolute atomic E-state index is 12.9. The van der Waals surface area contributed by atoms with E-state index in [1.165, 1.54) is 11.3 Å². The molecule has 0 atom stereocenters. The molecule has 0 amide bonds. The van der Waals surface area contributed by atoms with Crippen LogP contribution in [0.2, 0.25) is 0 Å². The van der Waals surface area contributed by atoms with E-state index in [0.717, 1.165) is 5.69 Å². The van der Waals surface area contributed by atoms with Gasteiger partial charge in [-0.05, 0) is 18.2 Å². The molecular weight excluding hydrogens is 446 g/mol. The molecule has 0 unspecified atom stereocenters. The summed E-state index contributed by atoms with van der Waals surface area (Å²) in [7, 11) is 1.71. The van der Waals surface area contributed by atoms with Crippen molar-refractivity contribution in [1.82, 2.24) is 0 Å². The summed E-state index contributed by atoms with van der Waals surface area (Å²) in [5.74, 6) is 0. The van der Waals surface area contributed by atoms with Gasteiger partial charge < -0.3 is 17.0 Å². The minimum absolute atomic E-state index is 0. The van der Waals surface area contributed by atoms with E-state index in [0.29, 0.717) is 17.3 Å². The Kier molecular flexibility index (Phi) is 6.46. The third-order valence-electron chi connectivity index (χ3n) is 3.56. The largest absolute Gasteiger partial charge is 1.00 e. The number of nitrogens with zero attached hydrogens (tertiary/aromatic N) is 1. The fourth-order valence-electron chi connectivity index (χ4n) is 2.32. The van der Waals surface area contributed by atoms with Crippen molar-refractivity contribution in [2.45, 2.75) is 38.5 Å². The second kappa shape index (κ2) is 7.38. The molecule has 1 N–H and O–H groups in total. The lowest BCUT2D eigenvalue weighted by molar-refractivity contribution is -0.663. The van der Waals surface area contributed by atoms with Crippen LogP contribution in [0.15, 0.2) is 23.6 Å². The molecule has 1 heterocycles. The Balaban J connectivity index is 0.00000338. The van der Waals surface area contributed by atoms with Gasteiger partial charge in [0, 0.05) is 10.8 Å². The Morgan fingerprint density at radius 1 is 0.885 bits per heavy atom. The average Bonchev–Trinajstić information content (AvgIpc) is 2.78. The van der Waals surface area contributed by atoms with Gasteiger partial charge in [-0.3, -0.25) is 0 Å². The van der Waals surface area contributed by atoms with Crippen LogP contribution < -0.4 is 26.9 Å². The van der Waals surface area contributed by atoms with E-state index in [4.69, 9.17) is 0 Å². The number of halogens is 7. The first-order valence-electron chi connectivity index (χ1n) is 7.24. The van der Waals surface area contributed by atoms with Crippen LogP contribution in [0, 0.1) is 0 Å². The number of thiazole rings is 1. The predicted octanol–water partition coefficient (Wildman–Crippen LogP) is 2.66. The van der Waals surface area contributed by atoms with E-state index < -0.39 is 23.5 Å². The van der Waals surface area contributed by atoms with Gasteiger partial charge in [0.1, 0.15) is 11.4 Å². The number of anilines is 2. The monoisotopic (exact) mass is 462 g/mol. The van der Waals surface area contributed by atoms with Crippen LogP contribution in [0.3, 0.4) is 0 Å². The molecule has 10 heteroatoms. The fourth-order valence-corrected chi connectivity index (χ4v) is 3.49. The van der Waals surface area contributed by atoms with Crippen molar-refractivity contribution in [3.63, 3.8) is 0 Å². The first kappa shape index (κ1) is 22.8. The second-order valence-electron chi connectivity index (χ2n) is 6.65. The molecule has 0 radical (unpaired) electrons. The van der Waals surface area contributed by atoms with Crippen molar-refractivity contribution in [2.75, 3.05) is 5.32 Å². The predicted molar refractivity (Wildman–Crippen MR) is 83.9 cm³/mol. The Morgan fingerprint density at radius 3 is 1.69 bits per heavy atom. The van der Waals surface area contributed by atoms with Crippen LogP contribution in [0.5, 0.6) is 0 Å². The van der Waals surface area contributed by atoms with Gasteiger partial charge in [0.2, 0.25) is 0 Å². The van der Waals surface area contributed by atoms with E-state index in [1.54, 1.807) is 11.6 Å². The van der Waals surface area contributed by atoms with Crippen LogP contribution in [0.1, 0.15) is 37.6 Å². The number of aromatic nitrogens is 1. The molecule has 0 saturated carbocycles. The van der Waals surface area contributed by atoms with Gasteiger partial charge in [-0.25, -0.2) is 9.88 Å². The Bertz CT molecular complexity index is 742. The molecule has 0 saturated heterocycles. The third-order valence-corrected chi connectivity index (χ3v) is 4.50. The summed E-state index contributed by atoms with van der Waals surface area (Å²) < 4.78 is 79.2. The number of hydrogen-bond acceptors (Lipinski definition) is 2. The molecule has 0 spiro atoms. The third kappa shape index (κ3) is 5.12. The number of nitrogens with one attached hydrogen (secondary N) is 1. The molecule has 2 aromatic rings. The van der Waals surface area contributed by atoms with E-state index in [1.807, 2.05) is 26.2 Å². The first-order valence-corrected chi connectivity index (χ1v) is 8.12. The Hall–Kier alpha value is -1.29. The smallest absolute Gasteiger partial charge is 0.416 e. The van der Waals surface area contributed by atoms with Gasteiger partial charge in [-0.15, -0.1) is 0 Å². The van der Waals surface area contributed by atoms with Crippen molar-refractivity contribution >= 4 is 22.2 Å². The second-order valence-corrected chi connectivity index (χ2v) is 7.51. The normalized spacial score (nSPS) is 12.7. The van der Waals surface area contributed by atoms with E-state index in [9.17, 15) is 26.3 Å². The number of rotatable bonds is 2. The highest BCUT2D eigenvalue weighted by molar-refractivity contribution is 7.13. The molecule has 146 valence electrons. The minimum Gasteiger partial charge on any atom is -1.00 e. The maximum Gasteiger partial charge on any atom is 0.416 e. The summed E-state index contributed by atoms with van der Waals surface area (Å²) in [5, 5.41) is 4.93. The van der Waals surface area contributed by atoms with Gasteiger partial charge in [0.25, 0.3) is 0 Å². The van der Waals surface area contributed by atoms with E-state index >= 15 is 0 Å². The number of alkyl halides is 6. The molecule has 0 fully saturated rings. The molecule has 2 nitrogen and oxygen atoms in total. The minimum atomic E-state index is -4.87. The lowest BCUT2D eigenvalue weighted by Gasteiger charge is -2.15. The van der Waals surface area contributed by atoms with Gasteiger partial charge in [0.05, 0.1) is 18.2 Å². The molecule has 0 bridgehead atoms. The highest BCUT2D eigenvalue weighted by Crippen LogP contribution is 2.38. The average molecular weight is 463 g/mol. The van der Waals surface area contributed by atoms with Gasteiger partial charge in [0.15, 0.2) is 0 Å². The zero-order chi connectivity index (χ0) is 19.2. The molecule has 1 aromatic heterocycles. The maximum atomic E-state index is 12.9. The fraction of sp³-hybridized carbons (Fsp3) is 0.438. The van der Waals surface area contributed by atoms with Gasteiger partial charge in [-0.2, -0.15) is 26.3 Å². The Labute approximate surface area is 161 Å². The van der Waals surface area contributed by atoms with Crippen molar-refractivity contribution < 1.29 is 47.9 Å².